The molecule has 0 saturated carbocycles. The number of pyridine rings is 1. The highest BCUT2D eigenvalue weighted by Gasteiger charge is 2.16. The summed E-state index contributed by atoms with van der Waals surface area (Å²) in [5, 5.41) is 6.54. The Morgan fingerprint density at radius 2 is 2.31 bits per heavy atom. The van der Waals surface area contributed by atoms with Crippen molar-refractivity contribution in [2.24, 2.45) is 0 Å². The lowest BCUT2D eigenvalue weighted by Gasteiger charge is -2.23. The fourth-order valence-corrected chi connectivity index (χ4v) is 1.58. The largest absolute Gasteiger partial charge is 0.329 e. The summed E-state index contributed by atoms with van der Waals surface area (Å²) in [7, 11) is 0. The molecule has 1 saturated heterocycles. The number of H-pyrrole nitrogens is 1. The molecule has 0 bridgehead atoms. The Morgan fingerprint density at radius 1 is 1.38 bits per heavy atom. The first-order valence-electron chi connectivity index (χ1n) is 4.49. The average Bonchev–Trinajstić information content (AvgIpc) is 2.20. The molecule has 0 aliphatic carbocycles. The van der Waals surface area contributed by atoms with Crippen molar-refractivity contribution in [3.05, 3.63) is 34.2 Å². The molecule has 13 heavy (non-hydrogen) atoms. The van der Waals surface area contributed by atoms with Gasteiger partial charge in [-0.1, -0.05) is 6.07 Å². The maximum Gasteiger partial charge on any atom is 0.252 e. The standard InChI is InChI=1S/C9H13N3O/c13-9-7(2-1-3-12-9)8-6-10-4-5-11-8/h1-3,8,10-11H,4-6H2,(H,12,13)/t8-/m0/s1. The van der Waals surface area contributed by atoms with Gasteiger partial charge in [0.1, 0.15) is 0 Å². The van der Waals surface area contributed by atoms with E-state index in [9.17, 15) is 4.79 Å². The van der Waals surface area contributed by atoms with Crippen molar-refractivity contribution in [3.63, 3.8) is 0 Å². The van der Waals surface area contributed by atoms with E-state index in [0.29, 0.717) is 0 Å². The molecule has 1 aliphatic heterocycles. The van der Waals surface area contributed by atoms with E-state index in [1.54, 1.807) is 6.20 Å². The van der Waals surface area contributed by atoms with Crippen molar-refractivity contribution in [1.82, 2.24) is 15.6 Å². The lowest BCUT2D eigenvalue weighted by molar-refractivity contribution is 0.427. The van der Waals surface area contributed by atoms with E-state index in [-0.39, 0.29) is 11.6 Å². The Morgan fingerprint density at radius 3 is 3.00 bits per heavy atom. The van der Waals surface area contributed by atoms with Gasteiger partial charge in [-0.2, -0.15) is 0 Å². The van der Waals surface area contributed by atoms with Crippen LogP contribution >= 0.6 is 0 Å². The Hall–Kier alpha value is -1.13. The van der Waals surface area contributed by atoms with E-state index < -0.39 is 0 Å². The number of piperazine rings is 1. The molecule has 2 heterocycles. The van der Waals surface area contributed by atoms with Gasteiger partial charge in [0.2, 0.25) is 0 Å². The Labute approximate surface area is 76.4 Å². The minimum atomic E-state index is 0.00343. The van der Waals surface area contributed by atoms with E-state index in [1.807, 2.05) is 12.1 Å². The maximum absolute atomic E-state index is 11.4. The first kappa shape index (κ1) is 8.47. The molecule has 1 atom stereocenters. The van der Waals surface area contributed by atoms with Crippen molar-refractivity contribution >= 4 is 0 Å². The summed E-state index contributed by atoms with van der Waals surface area (Å²) >= 11 is 0. The number of aromatic amines is 1. The molecule has 0 spiro atoms. The third kappa shape index (κ3) is 1.79. The molecule has 0 amide bonds. The van der Waals surface area contributed by atoms with Gasteiger partial charge in [-0.05, 0) is 6.07 Å². The van der Waals surface area contributed by atoms with Gasteiger partial charge in [-0.25, -0.2) is 0 Å². The van der Waals surface area contributed by atoms with Crippen LogP contribution in [-0.4, -0.2) is 24.6 Å². The zero-order valence-electron chi connectivity index (χ0n) is 7.34. The second kappa shape index (κ2) is 3.72. The zero-order chi connectivity index (χ0) is 9.10. The van der Waals surface area contributed by atoms with Gasteiger partial charge < -0.3 is 15.6 Å². The highest BCUT2D eigenvalue weighted by molar-refractivity contribution is 5.15. The van der Waals surface area contributed by atoms with Crippen LogP contribution in [-0.2, 0) is 0 Å². The average molecular weight is 179 g/mol. The molecule has 1 aromatic heterocycles. The molecule has 70 valence electrons. The lowest BCUT2D eigenvalue weighted by Crippen LogP contribution is -2.44. The molecule has 0 aromatic carbocycles. The summed E-state index contributed by atoms with van der Waals surface area (Å²) in [6.45, 7) is 2.72. The minimum Gasteiger partial charge on any atom is -0.329 e. The van der Waals surface area contributed by atoms with Crippen molar-refractivity contribution in [2.75, 3.05) is 19.6 Å². The molecular weight excluding hydrogens is 166 g/mol. The van der Waals surface area contributed by atoms with Gasteiger partial charge >= 0.3 is 0 Å². The number of rotatable bonds is 1. The third-order valence-electron chi connectivity index (χ3n) is 2.27. The van der Waals surface area contributed by atoms with Crippen molar-refractivity contribution in [1.29, 1.82) is 0 Å². The van der Waals surface area contributed by atoms with Crippen LogP contribution < -0.4 is 16.2 Å². The summed E-state index contributed by atoms with van der Waals surface area (Å²) in [6.07, 6.45) is 1.65. The number of aromatic nitrogens is 1. The van der Waals surface area contributed by atoms with E-state index in [2.05, 4.69) is 15.6 Å². The van der Waals surface area contributed by atoms with Gasteiger partial charge in [-0.3, -0.25) is 4.79 Å². The fourth-order valence-electron chi connectivity index (χ4n) is 1.58. The van der Waals surface area contributed by atoms with Gasteiger partial charge in [0.25, 0.3) is 5.56 Å². The Balaban J connectivity index is 2.24. The first-order valence-corrected chi connectivity index (χ1v) is 4.49. The quantitative estimate of drug-likeness (QED) is 0.550. The molecule has 4 nitrogen and oxygen atoms in total. The second-order valence-electron chi connectivity index (χ2n) is 3.17. The van der Waals surface area contributed by atoms with Crippen molar-refractivity contribution < 1.29 is 0 Å². The van der Waals surface area contributed by atoms with Gasteiger partial charge in [-0.15, -0.1) is 0 Å². The molecule has 2 rings (SSSR count). The number of nitrogens with one attached hydrogen (secondary N) is 3. The lowest BCUT2D eigenvalue weighted by atomic mass is 10.1. The van der Waals surface area contributed by atoms with Crippen LogP contribution in [0.1, 0.15) is 11.6 Å². The van der Waals surface area contributed by atoms with Crippen LogP contribution in [0.4, 0.5) is 0 Å². The van der Waals surface area contributed by atoms with Crippen LogP contribution in [0.25, 0.3) is 0 Å². The molecule has 3 N–H and O–H groups in total. The second-order valence-corrected chi connectivity index (χ2v) is 3.17. The number of hydrogen-bond acceptors (Lipinski definition) is 3. The molecule has 1 aromatic rings. The molecule has 4 heteroatoms. The SMILES string of the molecule is O=c1[nH]cccc1[C@@H]1CNCCN1. The first-order chi connectivity index (χ1) is 6.38. The molecule has 1 aliphatic rings. The van der Waals surface area contributed by atoms with Crippen molar-refractivity contribution in [2.45, 2.75) is 6.04 Å². The summed E-state index contributed by atoms with van der Waals surface area (Å²) in [6, 6.07) is 3.87. The number of hydrogen-bond donors (Lipinski definition) is 3. The molecule has 0 radical (unpaired) electrons. The van der Waals surface area contributed by atoms with Crippen LogP contribution in [0.3, 0.4) is 0 Å². The minimum absolute atomic E-state index is 0.00343. The molecule has 1 fully saturated rings. The summed E-state index contributed by atoms with van der Waals surface area (Å²) < 4.78 is 0. The zero-order valence-corrected chi connectivity index (χ0v) is 7.34. The van der Waals surface area contributed by atoms with Gasteiger partial charge in [0.15, 0.2) is 0 Å². The topological polar surface area (TPSA) is 56.9 Å². The van der Waals surface area contributed by atoms with E-state index in [1.165, 1.54) is 0 Å². The maximum atomic E-state index is 11.4. The Kier molecular flexibility index (Phi) is 2.42. The van der Waals surface area contributed by atoms with E-state index in [0.717, 1.165) is 25.2 Å². The normalized spacial score (nSPS) is 22.9. The van der Waals surface area contributed by atoms with Crippen LogP contribution in [0.15, 0.2) is 23.1 Å². The third-order valence-corrected chi connectivity index (χ3v) is 2.27. The van der Waals surface area contributed by atoms with E-state index in [4.69, 9.17) is 0 Å². The Bertz CT molecular complexity index is 328. The molecular formula is C9H13N3O. The van der Waals surface area contributed by atoms with Gasteiger partial charge in [0, 0.05) is 31.4 Å². The van der Waals surface area contributed by atoms with Crippen LogP contribution in [0.5, 0.6) is 0 Å². The highest BCUT2D eigenvalue weighted by Crippen LogP contribution is 2.07. The summed E-state index contributed by atoms with van der Waals surface area (Å²) in [5.74, 6) is 0. The smallest absolute Gasteiger partial charge is 0.252 e. The monoisotopic (exact) mass is 179 g/mol. The van der Waals surface area contributed by atoms with E-state index >= 15 is 0 Å². The summed E-state index contributed by atoms with van der Waals surface area (Å²) in [5.41, 5.74) is 0.818. The predicted molar refractivity (Wildman–Crippen MR) is 50.7 cm³/mol. The van der Waals surface area contributed by atoms with Crippen LogP contribution in [0.2, 0.25) is 0 Å². The predicted octanol–water partition coefficient (Wildman–Crippen LogP) is -0.391. The molecule has 0 unspecified atom stereocenters. The highest BCUT2D eigenvalue weighted by atomic mass is 16.1. The van der Waals surface area contributed by atoms with Crippen molar-refractivity contribution in [3.8, 4) is 0 Å². The van der Waals surface area contributed by atoms with Gasteiger partial charge in [0.05, 0.1) is 6.04 Å². The van der Waals surface area contributed by atoms with Crippen LogP contribution in [0, 0.1) is 0 Å². The fraction of sp³-hybridized carbons (Fsp3) is 0.444. The summed E-state index contributed by atoms with van der Waals surface area (Å²) in [4.78, 5) is 14.1.